The Hall–Kier alpha value is -0.770. The second-order valence-electron chi connectivity index (χ2n) is 4.78. The molecule has 0 bridgehead atoms. The lowest BCUT2D eigenvalue weighted by Gasteiger charge is -2.44. The predicted molar refractivity (Wildman–Crippen MR) is 53.0 cm³/mol. The molecule has 2 amide bonds. The van der Waals surface area contributed by atoms with E-state index in [0.29, 0.717) is 19.1 Å². The summed E-state index contributed by atoms with van der Waals surface area (Å²) in [5.74, 6) is 0. The Morgan fingerprint density at radius 2 is 2.00 bits per heavy atom. The third kappa shape index (κ3) is 2.00. The highest BCUT2D eigenvalue weighted by atomic mass is 16.3. The largest absolute Gasteiger partial charge is 0.386 e. The van der Waals surface area contributed by atoms with Gasteiger partial charge in [-0.25, -0.2) is 4.79 Å². The van der Waals surface area contributed by atoms with Crippen LogP contribution in [0.25, 0.3) is 0 Å². The summed E-state index contributed by atoms with van der Waals surface area (Å²) >= 11 is 0. The summed E-state index contributed by atoms with van der Waals surface area (Å²) in [6.07, 6.45) is 4.66. The van der Waals surface area contributed by atoms with Crippen molar-refractivity contribution in [1.29, 1.82) is 0 Å². The second-order valence-corrected chi connectivity index (χ2v) is 4.78. The van der Waals surface area contributed by atoms with E-state index in [1.807, 2.05) is 0 Å². The maximum Gasteiger partial charge on any atom is 0.317 e. The number of hydrogen-bond donors (Lipinski definition) is 2. The van der Waals surface area contributed by atoms with Gasteiger partial charge in [0.15, 0.2) is 0 Å². The first-order valence-corrected chi connectivity index (χ1v) is 5.35. The fraction of sp³-hybridized carbons (Fsp3) is 0.900. The number of nitrogens with one attached hydrogen (secondary N) is 1. The van der Waals surface area contributed by atoms with Gasteiger partial charge < -0.3 is 15.3 Å². The molecular weight excluding hydrogens is 180 g/mol. The molecular formula is C10H18N2O2. The lowest BCUT2D eigenvalue weighted by atomic mass is 9.98. The molecule has 2 rings (SSSR count). The number of β-amino-alcohol motifs (C(OH)–C–C–N with tert-alkyl or cyclic N) is 1. The molecule has 1 saturated heterocycles. The fourth-order valence-electron chi connectivity index (χ4n) is 2.26. The number of carbonyl (C=O) groups is 1. The molecule has 0 aromatic rings. The molecule has 2 fully saturated rings. The molecule has 0 radical (unpaired) electrons. The normalized spacial score (nSPS) is 26.0. The van der Waals surface area contributed by atoms with Gasteiger partial charge in [0.2, 0.25) is 0 Å². The first kappa shape index (κ1) is 9.77. The Kier molecular flexibility index (Phi) is 2.39. The molecule has 4 heteroatoms. The van der Waals surface area contributed by atoms with Gasteiger partial charge in [-0.05, 0) is 19.8 Å². The first-order valence-electron chi connectivity index (χ1n) is 5.35. The molecule has 0 aromatic heterocycles. The summed E-state index contributed by atoms with van der Waals surface area (Å²) < 4.78 is 0. The van der Waals surface area contributed by atoms with Crippen molar-refractivity contribution in [3.8, 4) is 0 Å². The summed E-state index contributed by atoms with van der Waals surface area (Å²) in [7, 11) is 0. The van der Waals surface area contributed by atoms with Crippen LogP contribution in [-0.2, 0) is 0 Å². The van der Waals surface area contributed by atoms with E-state index < -0.39 is 5.60 Å². The highest BCUT2D eigenvalue weighted by Gasteiger charge is 2.39. The summed E-state index contributed by atoms with van der Waals surface area (Å²) in [5, 5.41) is 12.5. The van der Waals surface area contributed by atoms with Crippen LogP contribution in [0, 0.1) is 0 Å². The van der Waals surface area contributed by atoms with Crippen LogP contribution in [0.3, 0.4) is 0 Å². The zero-order chi connectivity index (χ0) is 10.2. The molecule has 0 aromatic carbocycles. The van der Waals surface area contributed by atoms with E-state index in [1.54, 1.807) is 11.8 Å². The van der Waals surface area contributed by atoms with Crippen LogP contribution in [0.1, 0.15) is 32.6 Å². The van der Waals surface area contributed by atoms with Crippen molar-refractivity contribution in [3.05, 3.63) is 0 Å². The van der Waals surface area contributed by atoms with Crippen LogP contribution < -0.4 is 5.32 Å². The molecule has 0 unspecified atom stereocenters. The van der Waals surface area contributed by atoms with Gasteiger partial charge in [-0.2, -0.15) is 0 Å². The van der Waals surface area contributed by atoms with Crippen molar-refractivity contribution in [2.75, 3.05) is 13.1 Å². The number of hydrogen-bond acceptors (Lipinski definition) is 2. The summed E-state index contributed by atoms with van der Waals surface area (Å²) in [6, 6.07) is 0.358. The van der Waals surface area contributed by atoms with Gasteiger partial charge in [-0.1, -0.05) is 12.8 Å². The van der Waals surface area contributed by atoms with Gasteiger partial charge in [0.1, 0.15) is 0 Å². The zero-order valence-corrected chi connectivity index (χ0v) is 8.62. The van der Waals surface area contributed by atoms with E-state index in [2.05, 4.69) is 5.32 Å². The minimum atomic E-state index is -0.660. The van der Waals surface area contributed by atoms with Crippen LogP contribution >= 0.6 is 0 Å². The molecule has 0 atom stereocenters. The molecule has 2 aliphatic rings. The fourth-order valence-corrected chi connectivity index (χ4v) is 2.26. The minimum absolute atomic E-state index is 0.0107. The SMILES string of the molecule is CC1(O)CN(C(=O)NC2CCCC2)C1. The van der Waals surface area contributed by atoms with E-state index in [-0.39, 0.29) is 6.03 Å². The third-order valence-electron chi connectivity index (χ3n) is 3.03. The number of rotatable bonds is 1. The van der Waals surface area contributed by atoms with Crippen molar-refractivity contribution < 1.29 is 9.90 Å². The Morgan fingerprint density at radius 1 is 1.43 bits per heavy atom. The van der Waals surface area contributed by atoms with Crippen LogP contribution in [0.4, 0.5) is 4.79 Å². The van der Waals surface area contributed by atoms with E-state index in [9.17, 15) is 9.90 Å². The van der Waals surface area contributed by atoms with Crippen molar-refractivity contribution in [3.63, 3.8) is 0 Å². The maximum absolute atomic E-state index is 11.6. The van der Waals surface area contributed by atoms with E-state index >= 15 is 0 Å². The van der Waals surface area contributed by atoms with Gasteiger partial charge in [-0.15, -0.1) is 0 Å². The molecule has 4 nitrogen and oxygen atoms in total. The number of nitrogens with zero attached hydrogens (tertiary/aromatic N) is 1. The van der Waals surface area contributed by atoms with E-state index in [4.69, 9.17) is 0 Å². The Labute approximate surface area is 84.3 Å². The molecule has 1 heterocycles. The van der Waals surface area contributed by atoms with Gasteiger partial charge >= 0.3 is 6.03 Å². The predicted octanol–water partition coefficient (Wildman–Crippen LogP) is 0.705. The number of carbonyl (C=O) groups excluding carboxylic acids is 1. The van der Waals surface area contributed by atoms with Gasteiger partial charge in [-0.3, -0.25) is 0 Å². The number of urea groups is 1. The van der Waals surface area contributed by atoms with E-state index in [1.165, 1.54) is 12.8 Å². The van der Waals surface area contributed by atoms with Crippen LogP contribution in [0.15, 0.2) is 0 Å². The summed E-state index contributed by atoms with van der Waals surface area (Å²) in [6.45, 7) is 2.68. The first-order chi connectivity index (χ1) is 6.57. The Balaban J connectivity index is 1.74. The molecule has 1 saturated carbocycles. The van der Waals surface area contributed by atoms with Crippen LogP contribution in [-0.4, -0.2) is 40.8 Å². The minimum Gasteiger partial charge on any atom is -0.386 e. The van der Waals surface area contributed by atoms with Crippen molar-refractivity contribution in [2.24, 2.45) is 0 Å². The smallest absolute Gasteiger partial charge is 0.317 e. The molecule has 0 spiro atoms. The van der Waals surface area contributed by atoms with Crippen LogP contribution in [0.5, 0.6) is 0 Å². The summed E-state index contributed by atoms with van der Waals surface area (Å²) in [5.41, 5.74) is -0.660. The monoisotopic (exact) mass is 198 g/mol. The number of likely N-dealkylation sites (tertiary alicyclic amines) is 1. The topological polar surface area (TPSA) is 52.6 Å². The Bertz CT molecular complexity index is 226. The number of aliphatic hydroxyl groups is 1. The highest BCUT2D eigenvalue weighted by Crippen LogP contribution is 2.21. The quantitative estimate of drug-likeness (QED) is 0.652. The number of amides is 2. The van der Waals surface area contributed by atoms with Crippen LogP contribution in [0.2, 0.25) is 0 Å². The zero-order valence-electron chi connectivity index (χ0n) is 8.62. The molecule has 2 N–H and O–H groups in total. The maximum atomic E-state index is 11.6. The lowest BCUT2D eigenvalue weighted by Crippen LogP contribution is -2.64. The average molecular weight is 198 g/mol. The van der Waals surface area contributed by atoms with E-state index in [0.717, 1.165) is 12.8 Å². The van der Waals surface area contributed by atoms with Gasteiger partial charge in [0.05, 0.1) is 18.7 Å². The Morgan fingerprint density at radius 3 is 2.50 bits per heavy atom. The van der Waals surface area contributed by atoms with Crippen molar-refractivity contribution >= 4 is 6.03 Å². The van der Waals surface area contributed by atoms with Gasteiger partial charge in [0, 0.05) is 6.04 Å². The third-order valence-corrected chi connectivity index (χ3v) is 3.03. The molecule has 14 heavy (non-hydrogen) atoms. The average Bonchev–Trinajstić information content (AvgIpc) is 2.52. The second kappa shape index (κ2) is 3.42. The highest BCUT2D eigenvalue weighted by molar-refractivity contribution is 5.75. The van der Waals surface area contributed by atoms with Crippen molar-refractivity contribution in [1.82, 2.24) is 10.2 Å². The lowest BCUT2D eigenvalue weighted by molar-refractivity contribution is -0.0610. The summed E-state index contributed by atoms with van der Waals surface area (Å²) in [4.78, 5) is 13.2. The molecule has 1 aliphatic heterocycles. The van der Waals surface area contributed by atoms with Crippen molar-refractivity contribution in [2.45, 2.75) is 44.2 Å². The van der Waals surface area contributed by atoms with Gasteiger partial charge in [0.25, 0.3) is 0 Å². The molecule has 80 valence electrons. The standard InChI is InChI=1S/C10H18N2O2/c1-10(14)6-12(7-10)9(13)11-8-4-2-3-5-8/h8,14H,2-7H2,1H3,(H,11,13). The molecule has 1 aliphatic carbocycles.